The number of carbonyl (C=O) groups is 1. The summed E-state index contributed by atoms with van der Waals surface area (Å²) in [6.07, 6.45) is -0.143. The molecule has 0 radical (unpaired) electrons. The maximum atomic E-state index is 11.9. The fraction of sp³-hybridized carbons (Fsp3) is 0.929. The molecular formula is C14H28O6. The summed E-state index contributed by atoms with van der Waals surface area (Å²) in [5, 5.41) is 4.48. The van der Waals surface area contributed by atoms with E-state index >= 15 is 0 Å². The normalized spacial score (nSPS) is 15.8. The Kier molecular flexibility index (Phi) is 7.65. The van der Waals surface area contributed by atoms with E-state index in [2.05, 4.69) is 9.93 Å². The van der Waals surface area contributed by atoms with Crippen LogP contribution >= 0.6 is 0 Å². The van der Waals surface area contributed by atoms with Crippen LogP contribution in [0.3, 0.4) is 0 Å². The molecule has 0 aliphatic rings. The van der Waals surface area contributed by atoms with Gasteiger partial charge < -0.3 is 0 Å². The topological polar surface area (TPSA) is 63.2 Å². The van der Waals surface area contributed by atoms with Crippen LogP contribution in [0.1, 0.15) is 61.8 Å². The van der Waals surface area contributed by atoms with E-state index in [1.807, 2.05) is 34.6 Å². The summed E-state index contributed by atoms with van der Waals surface area (Å²) in [7, 11) is 0. The molecule has 6 nitrogen and oxygen atoms in total. The first-order chi connectivity index (χ1) is 8.96. The monoisotopic (exact) mass is 292 g/mol. The summed E-state index contributed by atoms with van der Waals surface area (Å²) in [4.78, 5) is 31.8. The molecule has 2 unspecified atom stereocenters. The average Bonchev–Trinajstić information content (AvgIpc) is 2.25. The molecule has 0 rings (SSSR count). The minimum Gasteiger partial charge on any atom is -0.266 e. The molecule has 0 fully saturated rings. The molecule has 6 heteroatoms. The largest absolute Gasteiger partial charge is 0.377 e. The average molecular weight is 292 g/mol. The van der Waals surface area contributed by atoms with Gasteiger partial charge in [0.15, 0.2) is 6.10 Å². The molecule has 0 saturated carbocycles. The number of hydrogen-bond acceptors (Lipinski definition) is 6. The van der Waals surface area contributed by atoms with E-state index in [0.29, 0.717) is 0 Å². The summed E-state index contributed by atoms with van der Waals surface area (Å²) in [5.74, 6) is -0.768. The van der Waals surface area contributed by atoms with Gasteiger partial charge in [-0.25, -0.2) is 14.6 Å². The molecule has 0 saturated heterocycles. The molecule has 20 heavy (non-hydrogen) atoms. The predicted octanol–water partition coefficient (Wildman–Crippen LogP) is 3.35. The van der Waals surface area contributed by atoms with E-state index in [9.17, 15) is 4.79 Å². The van der Waals surface area contributed by atoms with Gasteiger partial charge in [-0.15, -0.1) is 0 Å². The van der Waals surface area contributed by atoms with Gasteiger partial charge >= 0.3 is 5.97 Å². The molecule has 0 aromatic heterocycles. The Balaban J connectivity index is 4.43. The van der Waals surface area contributed by atoms with Crippen molar-refractivity contribution in [2.75, 3.05) is 0 Å². The summed E-state index contributed by atoms with van der Waals surface area (Å²) < 4.78 is 0. The van der Waals surface area contributed by atoms with Crippen LogP contribution in [0.2, 0.25) is 0 Å². The molecule has 2 atom stereocenters. The minimum absolute atomic E-state index is 0.0805. The van der Waals surface area contributed by atoms with E-state index in [-0.39, 0.29) is 5.92 Å². The summed E-state index contributed by atoms with van der Waals surface area (Å²) in [6, 6.07) is 0. The lowest BCUT2D eigenvalue weighted by Gasteiger charge is -2.25. The third-order valence-electron chi connectivity index (χ3n) is 2.20. The first-order valence-corrected chi connectivity index (χ1v) is 6.87. The van der Waals surface area contributed by atoms with Gasteiger partial charge in [0.05, 0.1) is 11.2 Å². The first-order valence-electron chi connectivity index (χ1n) is 6.87. The maximum Gasteiger partial charge on any atom is 0.377 e. The molecule has 0 heterocycles. The molecule has 0 aliphatic carbocycles. The molecule has 0 amide bonds. The number of carbonyl (C=O) groups excluding carboxylic acids is 1. The van der Waals surface area contributed by atoms with Crippen molar-refractivity contribution in [3.63, 3.8) is 0 Å². The van der Waals surface area contributed by atoms with E-state index < -0.39 is 23.3 Å². The summed E-state index contributed by atoms with van der Waals surface area (Å²) in [5.41, 5.74) is -1.09. The second-order valence-corrected chi connectivity index (χ2v) is 6.76. The highest BCUT2D eigenvalue weighted by Crippen LogP contribution is 2.18. The van der Waals surface area contributed by atoms with Gasteiger partial charge in [0.2, 0.25) is 0 Å². The number of hydrogen-bond donors (Lipinski definition) is 0. The third-order valence-corrected chi connectivity index (χ3v) is 2.20. The lowest BCUT2D eigenvalue weighted by molar-refractivity contribution is -0.518. The molecule has 0 aromatic rings. The van der Waals surface area contributed by atoms with Crippen LogP contribution in [0.5, 0.6) is 0 Å². The van der Waals surface area contributed by atoms with Gasteiger partial charge in [0, 0.05) is 0 Å². The van der Waals surface area contributed by atoms with E-state index in [4.69, 9.17) is 14.7 Å². The Labute approximate surface area is 121 Å². The van der Waals surface area contributed by atoms with Crippen molar-refractivity contribution in [1.29, 1.82) is 0 Å². The fourth-order valence-electron chi connectivity index (χ4n) is 0.977. The standard InChI is InChI=1S/C14H28O6/c1-9-10(2)11(16-18-13(3,4)5)12(15)17-20-19-14(6,7)8/h10-11H,9H2,1-8H3. The highest BCUT2D eigenvalue weighted by molar-refractivity contribution is 5.74. The minimum atomic E-state index is -0.872. The van der Waals surface area contributed by atoms with Crippen molar-refractivity contribution in [3.8, 4) is 0 Å². The smallest absolute Gasteiger partial charge is 0.266 e. The van der Waals surface area contributed by atoms with Gasteiger partial charge in [0.25, 0.3) is 0 Å². The highest BCUT2D eigenvalue weighted by atomic mass is 17.5. The summed E-state index contributed by atoms with van der Waals surface area (Å²) >= 11 is 0. The van der Waals surface area contributed by atoms with Gasteiger partial charge in [-0.3, -0.25) is 4.89 Å². The molecule has 0 aromatic carbocycles. The number of rotatable bonds is 7. The zero-order chi connectivity index (χ0) is 16.0. The quantitative estimate of drug-likeness (QED) is 0.529. The SMILES string of the molecule is CCC(C)C(OOC(C)(C)C)C(=O)OOOC(C)(C)C. The molecule has 0 spiro atoms. The molecule has 0 aliphatic heterocycles. The van der Waals surface area contributed by atoms with Crippen molar-refractivity contribution in [3.05, 3.63) is 0 Å². The van der Waals surface area contributed by atoms with Crippen molar-refractivity contribution in [1.82, 2.24) is 0 Å². The second-order valence-electron chi connectivity index (χ2n) is 6.76. The zero-order valence-electron chi connectivity index (χ0n) is 13.8. The lowest BCUT2D eigenvalue weighted by atomic mass is 10.0. The Morgan fingerprint density at radius 2 is 1.50 bits per heavy atom. The zero-order valence-corrected chi connectivity index (χ0v) is 13.8. The first kappa shape index (κ1) is 19.3. The van der Waals surface area contributed by atoms with Gasteiger partial charge in [-0.05, 0) is 52.5 Å². The highest BCUT2D eigenvalue weighted by Gasteiger charge is 2.31. The van der Waals surface area contributed by atoms with Crippen LogP contribution in [-0.2, 0) is 29.4 Å². The maximum absolute atomic E-state index is 11.9. The van der Waals surface area contributed by atoms with E-state index in [1.165, 1.54) is 0 Å². The third kappa shape index (κ3) is 9.25. The van der Waals surface area contributed by atoms with Crippen molar-refractivity contribution in [2.45, 2.75) is 79.1 Å². The van der Waals surface area contributed by atoms with Gasteiger partial charge in [0.1, 0.15) is 0 Å². The van der Waals surface area contributed by atoms with Crippen molar-refractivity contribution < 1.29 is 29.4 Å². The van der Waals surface area contributed by atoms with E-state index in [0.717, 1.165) is 6.42 Å². The van der Waals surface area contributed by atoms with Crippen LogP contribution < -0.4 is 0 Å². The second kappa shape index (κ2) is 7.93. The Bertz CT molecular complexity index is 289. The molecule has 0 bridgehead atoms. The fourth-order valence-corrected chi connectivity index (χ4v) is 0.977. The lowest BCUT2D eigenvalue weighted by Crippen LogP contribution is -2.36. The van der Waals surface area contributed by atoms with Crippen LogP contribution in [0.25, 0.3) is 0 Å². The van der Waals surface area contributed by atoms with Gasteiger partial charge in [-0.2, -0.15) is 4.89 Å². The Hall–Kier alpha value is -0.690. The Morgan fingerprint density at radius 1 is 1.00 bits per heavy atom. The van der Waals surface area contributed by atoms with Crippen LogP contribution in [0.4, 0.5) is 0 Å². The molecule has 0 N–H and O–H groups in total. The van der Waals surface area contributed by atoms with Crippen LogP contribution in [0, 0.1) is 5.92 Å². The van der Waals surface area contributed by atoms with Crippen LogP contribution in [-0.4, -0.2) is 23.3 Å². The predicted molar refractivity (Wildman–Crippen MR) is 73.2 cm³/mol. The molecule has 120 valence electrons. The van der Waals surface area contributed by atoms with Crippen molar-refractivity contribution >= 4 is 5.97 Å². The van der Waals surface area contributed by atoms with Crippen molar-refractivity contribution in [2.24, 2.45) is 5.92 Å². The summed E-state index contributed by atoms with van der Waals surface area (Å²) in [6.45, 7) is 14.6. The van der Waals surface area contributed by atoms with Gasteiger partial charge in [-0.1, -0.05) is 20.3 Å². The van der Waals surface area contributed by atoms with Crippen LogP contribution in [0.15, 0.2) is 0 Å². The molecular weight excluding hydrogens is 264 g/mol. The van der Waals surface area contributed by atoms with E-state index in [1.54, 1.807) is 20.8 Å². The Morgan fingerprint density at radius 3 is 1.90 bits per heavy atom.